The van der Waals surface area contributed by atoms with Gasteiger partial charge in [0.2, 0.25) is 0 Å². The Bertz CT molecular complexity index is 425. The molecular weight excluding hydrogens is 232 g/mol. The molecule has 0 bridgehead atoms. The van der Waals surface area contributed by atoms with Crippen LogP contribution in [0.25, 0.3) is 0 Å². The fourth-order valence-corrected chi connectivity index (χ4v) is 2.04. The summed E-state index contributed by atoms with van der Waals surface area (Å²) < 4.78 is 0. The molecule has 17 heavy (non-hydrogen) atoms. The maximum absolute atomic E-state index is 9.15. The number of nitrogens with one attached hydrogen (secondary N) is 1. The molecule has 0 spiro atoms. The first kappa shape index (κ1) is 13.8. The minimum atomic E-state index is 0.297. The van der Waals surface area contributed by atoms with E-state index >= 15 is 0 Å². The Morgan fingerprint density at radius 2 is 2.12 bits per heavy atom. The number of thioether (sulfide) groups is 1. The van der Waals surface area contributed by atoms with E-state index in [1.807, 2.05) is 25.6 Å². The second kappa shape index (κ2) is 6.45. The van der Waals surface area contributed by atoms with Crippen molar-refractivity contribution in [3.05, 3.63) is 16.8 Å². The van der Waals surface area contributed by atoms with Gasteiger partial charge in [0.25, 0.3) is 0 Å². The zero-order valence-corrected chi connectivity index (χ0v) is 11.6. The molecule has 5 heteroatoms. The van der Waals surface area contributed by atoms with Gasteiger partial charge in [-0.15, -0.1) is 5.10 Å². The van der Waals surface area contributed by atoms with Crippen molar-refractivity contribution in [1.82, 2.24) is 10.2 Å². The molecule has 1 unspecified atom stereocenters. The second-order valence-electron chi connectivity index (χ2n) is 4.07. The lowest BCUT2D eigenvalue weighted by Crippen LogP contribution is -2.18. The van der Waals surface area contributed by atoms with Crippen molar-refractivity contribution >= 4 is 17.6 Å². The first-order valence-corrected chi connectivity index (χ1v) is 6.99. The Kier molecular flexibility index (Phi) is 5.23. The van der Waals surface area contributed by atoms with Crippen LogP contribution in [0.2, 0.25) is 0 Å². The largest absolute Gasteiger partial charge is 0.365 e. The van der Waals surface area contributed by atoms with Gasteiger partial charge >= 0.3 is 0 Å². The van der Waals surface area contributed by atoms with Gasteiger partial charge in [-0.2, -0.15) is 22.1 Å². The van der Waals surface area contributed by atoms with E-state index < -0.39 is 0 Å². The fraction of sp³-hybridized carbons (Fsp3) is 0.583. The van der Waals surface area contributed by atoms with E-state index in [-0.39, 0.29) is 0 Å². The zero-order chi connectivity index (χ0) is 12.8. The highest BCUT2D eigenvalue weighted by Crippen LogP contribution is 2.18. The Morgan fingerprint density at radius 1 is 1.41 bits per heavy atom. The van der Waals surface area contributed by atoms with Gasteiger partial charge in [-0.1, -0.05) is 0 Å². The van der Waals surface area contributed by atoms with Gasteiger partial charge in [0.1, 0.15) is 11.6 Å². The second-order valence-corrected chi connectivity index (χ2v) is 5.06. The standard InChI is InChI=1S/C12H18N4S/c1-8(5-6-17-4)14-12-11(7-13)9(2)10(3)15-16-12/h8H,5-6H2,1-4H3,(H,14,16). The van der Waals surface area contributed by atoms with Crippen molar-refractivity contribution in [3.8, 4) is 6.07 Å². The molecule has 0 saturated heterocycles. The molecule has 1 heterocycles. The minimum absolute atomic E-state index is 0.297. The third-order valence-corrected chi connectivity index (χ3v) is 3.35. The van der Waals surface area contributed by atoms with E-state index in [1.165, 1.54) is 0 Å². The molecule has 1 rings (SSSR count). The van der Waals surface area contributed by atoms with Gasteiger partial charge < -0.3 is 5.32 Å². The third-order valence-electron chi connectivity index (χ3n) is 2.70. The SMILES string of the molecule is CSCCC(C)Nc1nnc(C)c(C)c1C#N. The predicted octanol–water partition coefficient (Wildman–Crippen LogP) is 2.52. The van der Waals surface area contributed by atoms with E-state index in [9.17, 15) is 0 Å². The molecule has 92 valence electrons. The van der Waals surface area contributed by atoms with Gasteiger partial charge in [-0.25, -0.2) is 0 Å². The molecule has 1 atom stereocenters. The topological polar surface area (TPSA) is 61.6 Å². The summed E-state index contributed by atoms with van der Waals surface area (Å²) in [6.45, 7) is 5.86. The van der Waals surface area contributed by atoms with Gasteiger partial charge in [0.15, 0.2) is 5.82 Å². The lowest BCUT2D eigenvalue weighted by molar-refractivity contribution is 0.759. The first-order valence-electron chi connectivity index (χ1n) is 5.59. The van der Waals surface area contributed by atoms with Crippen LogP contribution in [0.1, 0.15) is 30.2 Å². The monoisotopic (exact) mass is 250 g/mol. The van der Waals surface area contributed by atoms with E-state index in [1.54, 1.807) is 0 Å². The summed E-state index contributed by atoms with van der Waals surface area (Å²) in [4.78, 5) is 0. The van der Waals surface area contributed by atoms with Crippen molar-refractivity contribution in [2.45, 2.75) is 33.2 Å². The summed E-state index contributed by atoms with van der Waals surface area (Å²) >= 11 is 1.82. The van der Waals surface area contributed by atoms with Crippen molar-refractivity contribution in [3.63, 3.8) is 0 Å². The van der Waals surface area contributed by atoms with Crippen molar-refractivity contribution in [1.29, 1.82) is 5.26 Å². The highest BCUT2D eigenvalue weighted by Gasteiger charge is 2.12. The number of anilines is 1. The molecule has 0 aliphatic heterocycles. The van der Waals surface area contributed by atoms with Crippen LogP contribution in [-0.2, 0) is 0 Å². The summed E-state index contributed by atoms with van der Waals surface area (Å²) in [5.74, 6) is 1.69. The molecule has 0 radical (unpaired) electrons. The third kappa shape index (κ3) is 3.60. The molecule has 0 aromatic carbocycles. The highest BCUT2D eigenvalue weighted by molar-refractivity contribution is 7.98. The van der Waals surface area contributed by atoms with Crippen molar-refractivity contribution in [2.24, 2.45) is 0 Å². The Hall–Kier alpha value is -1.28. The number of hydrogen-bond acceptors (Lipinski definition) is 5. The van der Waals surface area contributed by atoms with Crippen LogP contribution in [0, 0.1) is 25.2 Å². The summed E-state index contributed by atoms with van der Waals surface area (Å²) in [6.07, 6.45) is 3.13. The van der Waals surface area contributed by atoms with Gasteiger partial charge in [-0.3, -0.25) is 0 Å². The van der Waals surface area contributed by atoms with Crippen LogP contribution in [0.15, 0.2) is 0 Å². The molecule has 4 nitrogen and oxygen atoms in total. The normalized spacial score (nSPS) is 11.9. The van der Waals surface area contributed by atoms with E-state index in [2.05, 4.69) is 34.8 Å². The maximum atomic E-state index is 9.15. The molecule has 0 aliphatic carbocycles. The van der Waals surface area contributed by atoms with Gasteiger partial charge in [0, 0.05) is 6.04 Å². The molecule has 1 N–H and O–H groups in total. The maximum Gasteiger partial charge on any atom is 0.167 e. The molecule has 0 saturated carbocycles. The lowest BCUT2D eigenvalue weighted by Gasteiger charge is -2.15. The molecule has 1 aromatic heterocycles. The first-order chi connectivity index (χ1) is 8.10. The number of nitriles is 1. The lowest BCUT2D eigenvalue weighted by atomic mass is 10.1. The average molecular weight is 250 g/mol. The molecule has 0 amide bonds. The summed E-state index contributed by atoms with van der Waals surface area (Å²) in [5, 5.41) is 20.5. The number of aromatic nitrogens is 2. The van der Waals surface area contributed by atoms with Crippen LogP contribution < -0.4 is 5.32 Å². The van der Waals surface area contributed by atoms with Crippen molar-refractivity contribution < 1.29 is 0 Å². The van der Waals surface area contributed by atoms with Crippen LogP contribution >= 0.6 is 11.8 Å². The summed E-state index contributed by atoms with van der Waals surface area (Å²) in [5.41, 5.74) is 2.32. The van der Waals surface area contributed by atoms with Crippen LogP contribution in [-0.4, -0.2) is 28.2 Å². The Labute approximate surface area is 107 Å². The number of aryl methyl sites for hydroxylation is 1. The average Bonchev–Trinajstić information content (AvgIpc) is 2.32. The van der Waals surface area contributed by atoms with Gasteiger partial charge in [-0.05, 0) is 44.8 Å². The number of rotatable bonds is 5. The molecule has 0 aliphatic rings. The molecule has 0 fully saturated rings. The molecular formula is C12H18N4S. The molecule has 1 aromatic rings. The van der Waals surface area contributed by atoms with Crippen LogP contribution in [0.5, 0.6) is 0 Å². The minimum Gasteiger partial charge on any atom is -0.365 e. The smallest absolute Gasteiger partial charge is 0.167 e. The van der Waals surface area contributed by atoms with Crippen LogP contribution in [0.4, 0.5) is 5.82 Å². The van der Waals surface area contributed by atoms with E-state index in [0.717, 1.165) is 23.4 Å². The fourth-order valence-electron chi connectivity index (χ4n) is 1.45. The quantitative estimate of drug-likeness (QED) is 0.870. The van der Waals surface area contributed by atoms with E-state index in [4.69, 9.17) is 5.26 Å². The van der Waals surface area contributed by atoms with Crippen LogP contribution in [0.3, 0.4) is 0 Å². The van der Waals surface area contributed by atoms with Crippen molar-refractivity contribution in [2.75, 3.05) is 17.3 Å². The zero-order valence-electron chi connectivity index (χ0n) is 10.7. The summed E-state index contributed by atoms with van der Waals surface area (Å²) in [6, 6.07) is 2.49. The Balaban J connectivity index is 2.85. The highest BCUT2D eigenvalue weighted by atomic mass is 32.2. The summed E-state index contributed by atoms with van der Waals surface area (Å²) in [7, 11) is 0. The van der Waals surface area contributed by atoms with E-state index in [0.29, 0.717) is 17.4 Å². The number of hydrogen-bond donors (Lipinski definition) is 1. The Morgan fingerprint density at radius 3 is 2.71 bits per heavy atom. The number of nitrogens with zero attached hydrogens (tertiary/aromatic N) is 3. The van der Waals surface area contributed by atoms with Gasteiger partial charge in [0.05, 0.1) is 5.69 Å². The predicted molar refractivity (Wildman–Crippen MR) is 72.3 cm³/mol.